The summed E-state index contributed by atoms with van der Waals surface area (Å²) in [6.07, 6.45) is 4.63. The maximum atomic E-state index is 12.5. The Bertz CT molecular complexity index is 557. The van der Waals surface area contributed by atoms with Gasteiger partial charge in [-0.15, -0.1) is 0 Å². The highest BCUT2D eigenvalue weighted by Gasteiger charge is 2.29. The monoisotopic (exact) mass is 304 g/mol. The Labute approximate surface area is 131 Å². The van der Waals surface area contributed by atoms with Gasteiger partial charge in [-0.25, -0.2) is 0 Å². The van der Waals surface area contributed by atoms with E-state index in [0.29, 0.717) is 5.56 Å². The number of methoxy groups -OCH3 is 1. The molecule has 5 nitrogen and oxygen atoms in total. The molecule has 2 atom stereocenters. The van der Waals surface area contributed by atoms with Crippen LogP contribution in [0.15, 0.2) is 18.2 Å². The predicted molar refractivity (Wildman–Crippen MR) is 84.8 cm³/mol. The molecule has 1 aromatic carbocycles. The van der Waals surface area contributed by atoms with Crippen molar-refractivity contribution < 1.29 is 14.3 Å². The summed E-state index contributed by atoms with van der Waals surface area (Å²) in [5.74, 6) is -0.0273. The van der Waals surface area contributed by atoms with E-state index in [9.17, 15) is 9.59 Å². The van der Waals surface area contributed by atoms with Gasteiger partial charge in [0, 0.05) is 11.6 Å². The molecule has 0 saturated heterocycles. The van der Waals surface area contributed by atoms with Gasteiger partial charge in [-0.3, -0.25) is 9.59 Å². The molecule has 2 unspecified atom stereocenters. The van der Waals surface area contributed by atoms with Crippen LogP contribution in [0.1, 0.15) is 48.0 Å². The molecule has 2 rings (SSSR count). The molecule has 0 aromatic heterocycles. The van der Waals surface area contributed by atoms with Crippen molar-refractivity contribution in [3.8, 4) is 5.75 Å². The summed E-state index contributed by atoms with van der Waals surface area (Å²) in [5, 5.41) is 3.00. The lowest BCUT2D eigenvalue weighted by molar-refractivity contribution is -0.122. The third kappa shape index (κ3) is 3.78. The van der Waals surface area contributed by atoms with Gasteiger partial charge in [0.05, 0.1) is 13.0 Å². The molecular formula is C17H24N2O3. The first kappa shape index (κ1) is 16.3. The number of aryl methyl sites for hydroxylation is 1. The molecule has 0 bridgehead atoms. The molecule has 1 fully saturated rings. The topological polar surface area (TPSA) is 81.4 Å². The lowest BCUT2D eigenvalue weighted by Crippen LogP contribution is -2.45. The minimum Gasteiger partial charge on any atom is -0.497 e. The number of primary amides is 1. The molecule has 0 heterocycles. The second-order valence-electron chi connectivity index (χ2n) is 5.91. The standard InChI is InChI=1S/C17H24N2O3/c1-11-10-12(22-2)8-9-13(11)17(21)19-15-7-5-3-4-6-14(15)16(18)20/h8-10,14-15H,3-7H2,1-2H3,(H2,18,20)(H,19,21). The average Bonchev–Trinajstić information content (AvgIpc) is 2.72. The molecule has 5 heteroatoms. The second-order valence-corrected chi connectivity index (χ2v) is 5.91. The van der Waals surface area contributed by atoms with Crippen molar-refractivity contribution in [2.45, 2.75) is 45.1 Å². The van der Waals surface area contributed by atoms with E-state index in [-0.39, 0.29) is 23.8 Å². The molecule has 0 radical (unpaired) electrons. The minimum atomic E-state index is -0.321. The third-order valence-corrected chi connectivity index (χ3v) is 4.38. The first-order chi connectivity index (χ1) is 10.5. The average molecular weight is 304 g/mol. The van der Waals surface area contributed by atoms with E-state index in [1.54, 1.807) is 19.2 Å². The molecule has 1 aromatic rings. The summed E-state index contributed by atoms with van der Waals surface area (Å²) in [6.45, 7) is 1.87. The maximum Gasteiger partial charge on any atom is 0.251 e. The van der Waals surface area contributed by atoms with Gasteiger partial charge in [-0.1, -0.05) is 19.3 Å². The summed E-state index contributed by atoms with van der Waals surface area (Å²) in [7, 11) is 1.59. The number of rotatable bonds is 4. The van der Waals surface area contributed by atoms with Crippen LogP contribution < -0.4 is 15.8 Å². The first-order valence-corrected chi connectivity index (χ1v) is 7.77. The molecule has 120 valence electrons. The number of carbonyl (C=O) groups excluding carboxylic acids is 2. The van der Waals surface area contributed by atoms with Crippen LogP contribution >= 0.6 is 0 Å². The van der Waals surface area contributed by atoms with Crippen LogP contribution in [0.3, 0.4) is 0 Å². The summed E-state index contributed by atoms with van der Waals surface area (Å²) >= 11 is 0. The van der Waals surface area contributed by atoms with Crippen LogP contribution in [-0.4, -0.2) is 25.0 Å². The van der Waals surface area contributed by atoms with E-state index >= 15 is 0 Å². The van der Waals surface area contributed by atoms with E-state index in [4.69, 9.17) is 10.5 Å². The molecule has 22 heavy (non-hydrogen) atoms. The van der Waals surface area contributed by atoms with E-state index in [1.165, 1.54) is 0 Å². The van der Waals surface area contributed by atoms with Crippen LogP contribution in [0.25, 0.3) is 0 Å². The number of ether oxygens (including phenoxy) is 1. The smallest absolute Gasteiger partial charge is 0.251 e. The zero-order valence-electron chi connectivity index (χ0n) is 13.2. The number of nitrogens with one attached hydrogen (secondary N) is 1. The molecule has 0 spiro atoms. The number of hydrogen-bond acceptors (Lipinski definition) is 3. The summed E-state index contributed by atoms with van der Waals surface area (Å²) in [5.41, 5.74) is 6.96. The lowest BCUT2D eigenvalue weighted by atomic mass is 9.93. The minimum absolute atomic E-state index is 0.154. The van der Waals surface area contributed by atoms with E-state index in [0.717, 1.165) is 43.4 Å². The lowest BCUT2D eigenvalue weighted by Gasteiger charge is -2.24. The van der Waals surface area contributed by atoms with Gasteiger partial charge in [-0.05, 0) is 43.5 Å². The molecule has 1 aliphatic rings. The molecule has 1 aliphatic carbocycles. The summed E-state index contributed by atoms with van der Waals surface area (Å²) in [4.78, 5) is 24.2. The Morgan fingerprint density at radius 1 is 1.23 bits per heavy atom. The Morgan fingerprint density at radius 2 is 1.95 bits per heavy atom. The van der Waals surface area contributed by atoms with Crippen molar-refractivity contribution in [2.75, 3.05) is 7.11 Å². The van der Waals surface area contributed by atoms with Crippen molar-refractivity contribution in [2.24, 2.45) is 11.7 Å². The number of hydrogen-bond donors (Lipinski definition) is 2. The Hall–Kier alpha value is -2.04. The zero-order chi connectivity index (χ0) is 16.1. The highest BCUT2D eigenvalue weighted by Crippen LogP contribution is 2.24. The quantitative estimate of drug-likeness (QED) is 0.836. The largest absolute Gasteiger partial charge is 0.497 e. The number of amides is 2. The summed E-state index contributed by atoms with van der Waals surface area (Å²) < 4.78 is 5.15. The van der Waals surface area contributed by atoms with Gasteiger partial charge in [-0.2, -0.15) is 0 Å². The van der Waals surface area contributed by atoms with Gasteiger partial charge in [0.1, 0.15) is 5.75 Å². The van der Waals surface area contributed by atoms with Gasteiger partial charge in [0.25, 0.3) is 5.91 Å². The van der Waals surface area contributed by atoms with Crippen molar-refractivity contribution in [1.82, 2.24) is 5.32 Å². The number of benzene rings is 1. The summed E-state index contributed by atoms with van der Waals surface area (Å²) in [6, 6.07) is 5.17. The van der Waals surface area contributed by atoms with Gasteiger partial charge in [0.15, 0.2) is 0 Å². The molecule has 3 N–H and O–H groups in total. The first-order valence-electron chi connectivity index (χ1n) is 7.77. The van der Waals surface area contributed by atoms with Crippen LogP contribution in [0.4, 0.5) is 0 Å². The van der Waals surface area contributed by atoms with Crippen LogP contribution in [0.2, 0.25) is 0 Å². The molecular weight excluding hydrogens is 280 g/mol. The Morgan fingerprint density at radius 3 is 2.59 bits per heavy atom. The normalized spacial score (nSPS) is 21.7. The van der Waals surface area contributed by atoms with Gasteiger partial charge < -0.3 is 15.8 Å². The Balaban J connectivity index is 2.13. The van der Waals surface area contributed by atoms with Gasteiger partial charge >= 0.3 is 0 Å². The van der Waals surface area contributed by atoms with Crippen LogP contribution in [0.5, 0.6) is 5.75 Å². The number of nitrogens with two attached hydrogens (primary N) is 1. The van der Waals surface area contributed by atoms with Gasteiger partial charge in [0.2, 0.25) is 5.91 Å². The van der Waals surface area contributed by atoms with Crippen LogP contribution in [-0.2, 0) is 4.79 Å². The molecule has 2 amide bonds. The number of carbonyl (C=O) groups is 2. The maximum absolute atomic E-state index is 12.5. The van der Waals surface area contributed by atoms with Crippen molar-refractivity contribution in [3.05, 3.63) is 29.3 Å². The molecule has 1 saturated carbocycles. The van der Waals surface area contributed by atoms with Crippen molar-refractivity contribution in [1.29, 1.82) is 0 Å². The molecule has 0 aliphatic heterocycles. The Kier molecular flexibility index (Phi) is 5.41. The zero-order valence-corrected chi connectivity index (χ0v) is 13.2. The van der Waals surface area contributed by atoms with Crippen molar-refractivity contribution in [3.63, 3.8) is 0 Å². The van der Waals surface area contributed by atoms with Crippen LogP contribution in [0, 0.1) is 12.8 Å². The fourth-order valence-corrected chi connectivity index (χ4v) is 3.08. The highest BCUT2D eigenvalue weighted by molar-refractivity contribution is 5.96. The second kappa shape index (κ2) is 7.29. The van der Waals surface area contributed by atoms with E-state index in [2.05, 4.69) is 5.32 Å². The third-order valence-electron chi connectivity index (χ3n) is 4.38. The fourth-order valence-electron chi connectivity index (χ4n) is 3.08. The predicted octanol–water partition coefficient (Wildman–Crippen LogP) is 2.17. The van der Waals surface area contributed by atoms with Crippen molar-refractivity contribution >= 4 is 11.8 Å². The highest BCUT2D eigenvalue weighted by atomic mass is 16.5. The SMILES string of the molecule is COc1ccc(C(=O)NC2CCCCCC2C(N)=O)c(C)c1. The fraction of sp³-hybridized carbons (Fsp3) is 0.529. The van der Waals surface area contributed by atoms with E-state index in [1.807, 2.05) is 13.0 Å². The van der Waals surface area contributed by atoms with E-state index < -0.39 is 0 Å².